The fourth-order valence-corrected chi connectivity index (χ4v) is 0.816. The molecule has 2 nitrogen and oxygen atoms in total. The normalized spacial score (nSPS) is 10.3. The third-order valence-corrected chi connectivity index (χ3v) is 1.51. The van der Waals surface area contributed by atoms with Gasteiger partial charge in [-0.15, -0.1) is 0 Å². The zero-order valence-electron chi connectivity index (χ0n) is 8.35. The van der Waals surface area contributed by atoms with E-state index >= 15 is 0 Å². The van der Waals surface area contributed by atoms with Crippen LogP contribution in [-0.4, -0.2) is 12.6 Å². The van der Waals surface area contributed by atoms with Gasteiger partial charge in [0.25, 0.3) is 0 Å². The topological polar surface area (TPSA) is 26.3 Å². The largest absolute Gasteiger partial charge is 0.465 e. The first-order valence-electron chi connectivity index (χ1n) is 4.61. The van der Waals surface area contributed by atoms with Crippen LogP contribution in [0.2, 0.25) is 0 Å². The molecule has 0 heterocycles. The first-order valence-corrected chi connectivity index (χ1v) is 4.61. The van der Waals surface area contributed by atoms with E-state index in [4.69, 9.17) is 4.74 Å². The molecule has 71 valence electrons. The van der Waals surface area contributed by atoms with Crippen molar-refractivity contribution in [3.63, 3.8) is 0 Å². The Morgan fingerprint density at radius 3 is 2.42 bits per heavy atom. The Kier molecular flexibility index (Phi) is 6.82. The van der Waals surface area contributed by atoms with Gasteiger partial charge in [-0.3, -0.25) is 4.79 Å². The minimum Gasteiger partial charge on any atom is -0.465 e. The average Bonchev–Trinajstić information content (AvgIpc) is 2.01. The molecule has 0 aromatic rings. The second kappa shape index (κ2) is 7.14. The van der Waals surface area contributed by atoms with Gasteiger partial charge in [0.05, 0.1) is 6.61 Å². The van der Waals surface area contributed by atoms with Gasteiger partial charge in [-0.05, 0) is 6.42 Å². The molecule has 0 aromatic carbocycles. The SMILES string of the molecule is CCCCCC(=O)OC[C](C)C. The Labute approximate surface area is 75.3 Å². The highest BCUT2D eigenvalue weighted by Crippen LogP contribution is 2.02. The zero-order valence-corrected chi connectivity index (χ0v) is 8.35. The van der Waals surface area contributed by atoms with Gasteiger partial charge in [-0.2, -0.15) is 0 Å². The van der Waals surface area contributed by atoms with Gasteiger partial charge < -0.3 is 4.74 Å². The van der Waals surface area contributed by atoms with Crippen molar-refractivity contribution in [1.29, 1.82) is 0 Å². The quantitative estimate of drug-likeness (QED) is 0.453. The highest BCUT2D eigenvalue weighted by Gasteiger charge is 2.03. The van der Waals surface area contributed by atoms with Gasteiger partial charge in [0.2, 0.25) is 0 Å². The lowest BCUT2D eigenvalue weighted by atomic mass is 10.2. The van der Waals surface area contributed by atoms with Crippen LogP contribution in [0.5, 0.6) is 0 Å². The number of esters is 1. The van der Waals surface area contributed by atoms with Gasteiger partial charge in [0.1, 0.15) is 0 Å². The van der Waals surface area contributed by atoms with E-state index < -0.39 is 0 Å². The summed E-state index contributed by atoms with van der Waals surface area (Å²) in [4.78, 5) is 11.0. The Morgan fingerprint density at radius 1 is 1.25 bits per heavy atom. The molecule has 0 fully saturated rings. The van der Waals surface area contributed by atoms with Crippen molar-refractivity contribution >= 4 is 5.97 Å². The van der Waals surface area contributed by atoms with Crippen LogP contribution >= 0.6 is 0 Å². The van der Waals surface area contributed by atoms with E-state index in [0.29, 0.717) is 13.0 Å². The summed E-state index contributed by atoms with van der Waals surface area (Å²) < 4.78 is 4.97. The molecule has 1 radical (unpaired) electrons. The van der Waals surface area contributed by atoms with Crippen LogP contribution < -0.4 is 0 Å². The van der Waals surface area contributed by atoms with E-state index in [0.717, 1.165) is 25.2 Å². The number of ether oxygens (including phenoxy) is 1. The number of hydrogen-bond donors (Lipinski definition) is 0. The average molecular weight is 171 g/mol. The smallest absolute Gasteiger partial charge is 0.305 e. The van der Waals surface area contributed by atoms with Crippen molar-refractivity contribution < 1.29 is 9.53 Å². The predicted octanol–water partition coefficient (Wildman–Crippen LogP) is 2.72. The highest BCUT2D eigenvalue weighted by molar-refractivity contribution is 5.69. The van der Waals surface area contributed by atoms with Crippen LogP contribution in [0.25, 0.3) is 0 Å². The second-order valence-corrected chi connectivity index (χ2v) is 3.32. The maximum atomic E-state index is 11.0. The Bertz CT molecular complexity index is 119. The number of unbranched alkanes of at least 4 members (excludes halogenated alkanes) is 2. The number of carbonyl (C=O) groups excluding carboxylic acids is 1. The summed E-state index contributed by atoms with van der Waals surface area (Å²) in [6.07, 6.45) is 3.79. The summed E-state index contributed by atoms with van der Waals surface area (Å²) in [7, 11) is 0. The minimum absolute atomic E-state index is 0.0651. The molecule has 0 saturated carbocycles. The van der Waals surface area contributed by atoms with Crippen LogP contribution in [-0.2, 0) is 9.53 Å². The summed E-state index contributed by atoms with van der Waals surface area (Å²) >= 11 is 0. The highest BCUT2D eigenvalue weighted by atomic mass is 16.5. The van der Waals surface area contributed by atoms with Crippen LogP contribution in [0.15, 0.2) is 0 Å². The molecule has 0 aromatic heterocycles. The number of rotatable bonds is 6. The minimum atomic E-state index is -0.0651. The van der Waals surface area contributed by atoms with Crippen molar-refractivity contribution in [2.75, 3.05) is 6.61 Å². The molecule has 0 spiro atoms. The third kappa shape index (κ3) is 7.58. The molecule has 0 aliphatic carbocycles. The summed E-state index contributed by atoms with van der Waals surface area (Å²) in [5.74, 6) is 1.07. The molecule has 0 amide bonds. The van der Waals surface area contributed by atoms with E-state index in [9.17, 15) is 4.79 Å². The maximum Gasteiger partial charge on any atom is 0.305 e. The molecule has 0 N–H and O–H groups in total. The monoisotopic (exact) mass is 171 g/mol. The van der Waals surface area contributed by atoms with Gasteiger partial charge in [0.15, 0.2) is 0 Å². The summed E-state index contributed by atoms with van der Waals surface area (Å²) in [5.41, 5.74) is 0. The fourth-order valence-electron chi connectivity index (χ4n) is 0.816. The molecule has 2 heteroatoms. The summed E-state index contributed by atoms with van der Waals surface area (Å²) in [6.45, 7) is 6.51. The fraction of sp³-hybridized carbons (Fsp3) is 0.800. The number of hydrogen-bond acceptors (Lipinski definition) is 2. The molecular weight excluding hydrogens is 152 g/mol. The number of carbonyl (C=O) groups is 1. The van der Waals surface area contributed by atoms with Crippen molar-refractivity contribution in [3.05, 3.63) is 5.92 Å². The van der Waals surface area contributed by atoms with Gasteiger partial charge in [-0.1, -0.05) is 33.6 Å². The van der Waals surface area contributed by atoms with Crippen LogP contribution in [0.3, 0.4) is 0 Å². The molecule has 12 heavy (non-hydrogen) atoms. The van der Waals surface area contributed by atoms with Crippen molar-refractivity contribution in [3.8, 4) is 0 Å². The van der Waals surface area contributed by atoms with Gasteiger partial charge in [0, 0.05) is 12.3 Å². The van der Waals surface area contributed by atoms with E-state index in [-0.39, 0.29) is 5.97 Å². The van der Waals surface area contributed by atoms with E-state index in [1.807, 2.05) is 13.8 Å². The van der Waals surface area contributed by atoms with Crippen molar-refractivity contribution in [2.45, 2.75) is 46.5 Å². The standard InChI is InChI=1S/C10H19O2/c1-4-5-6-7-10(11)12-8-9(2)3/h4-8H2,1-3H3. The summed E-state index contributed by atoms with van der Waals surface area (Å²) in [6, 6.07) is 0. The van der Waals surface area contributed by atoms with E-state index in [1.165, 1.54) is 0 Å². The Morgan fingerprint density at radius 2 is 1.92 bits per heavy atom. The molecule has 0 saturated heterocycles. The summed E-state index contributed by atoms with van der Waals surface area (Å²) in [5, 5.41) is 0. The molecule has 0 atom stereocenters. The van der Waals surface area contributed by atoms with E-state index in [1.54, 1.807) is 0 Å². The molecule has 0 rings (SSSR count). The molecule has 0 aliphatic heterocycles. The van der Waals surface area contributed by atoms with Gasteiger partial charge >= 0.3 is 5.97 Å². The first kappa shape index (κ1) is 11.5. The van der Waals surface area contributed by atoms with Crippen LogP contribution in [0, 0.1) is 5.92 Å². The first-order chi connectivity index (χ1) is 5.66. The third-order valence-electron chi connectivity index (χ3n) is 1.51. The van der Waals surface area contributed by atoms with Crippen LogP contribution in [0.1, 0.15) is 46.5 Å². The van der Waals surface area contributed by atoms with Crippen molar-refractivity contribution in [2.24, 2.45) is 0 Å². The molecule has 0 unspecified atom stereocenters. The lowest BCUT2D eigenvalue weighted by molar-refractivity contribution is -0.143. The Balaban J connectivity index is 3.22. The zero-order chi connectivity index (χ0) is 9.40. The van der Waals surface area contributed by atoms with Crippen LogP contribution in [0.4, 0.5) is 0 Å². The lowest BCUT2D eigenvalue weighted by Gasteiger charge is -2.05. The second-order valence-electron chi connectivity index (χ2n) is 3.32. The Hall–Kier alpha value is -0.530. The lowest BCUT2D eigenvalue weighted by Crippen LogP contribution is -2.08. The van der Waals surface area contributed by atoms with Crippen molar-refractivity contribution in [1.82, 2.24) is 0 Å². The maximum absolute atomic E-state index is 11.0. The molecular formula is C10H19O2. The predicted molar refractivity (Wildman–Crippen MR) is 49.7 cm³/mol. The molecule has 0 bridgehead atoms. The van der Waals surface area contributed by atoms with E-state index in [2.05, 4.69) is 6.92 Å². The van der Waals surface area contributed by atoms with Gasteiger partial charge in [-0.25, -0.2) is 0 Å². The molecule has 0 aliphatic rings.